The number of halogens is 3. The van der Waals surface area contributed by atoms with Crippen LogP contribution < -0.4 is 5.73 Å². The maximum atomic E-state index is 12.9. The SMILES string of the molecule is Nc1nc(-c2ccc(Cl)cc2Cl)cn1/N=C/c1ccc(F)cc1. The average molecular weight is 349 g/mol. The molecular weight excluding hydrogens is 338 g/mol. The number of rotatable bonds is 3. The second-order valence-corrected chi connectivity index (χ2v) is 5.59. The number of benzene rings is 2. The predicted molar refractivity (Wildman–Crippen MR) is 91.5 cm³/mol. The van der Waals surface area contributed by atoms with Crippen LogP contribution in [-0.2, 0) is 0 Å². The van der Waals surface area contributed by atoms with Crippen molar-refractivity contribution in [3.05, 3.63) is 70.1 Å². The Morgan fingerprint density at radius 2 is 1.87 bits per heavy atom. The minimum atomic E-state index is -0.302. The molecule has 0 aliphatic rings. The second kappa shape index (κ2) is 6.40. The van der Waals surface area contributed by atoms with Gasteiger partial charge in [-0.25, -0.2) is 14.1 Å². The fourth-order valence-corrected chi connectivity index (χ4v) is 2.49. The van der Waals surface area contributed by atoms with Crippen molar-refractivity contribution in [3.8, 4) is 11.3 Å². The van der Waals surface area contributed by atoms with E-state index in [1.54, 1.807) is 42.7 Å². The quantitative estimate of drug-likeness (QED) is 0.710. The first kappa shape index (κ1) is 15.5. The van der Waals surface area contributed by atoms with Crippen LogP contribution in [0.3, 0.4) is 0 Å². The van der Waals surface area contributed by atoms with Crippen LogP contribution in [0.1, 0.15) is 5.56 Å². The molecule has 0 bridgehead atoms. The van der Waals surface area contributed by atoms with Gasteiger partial charge in [0.1, 0.15) is 5.82 Å². The molecule has 2 aromatic carbocycles. The van der Waals surface area contributed by atoms with Gasteiger partial charge in [-0.3, -0.25) is 0 Å². The van der Waals surface area contributed by atoms with Gasteiger partial charge in [-0.05, 0) is 35.9 Å². The van der Waals surface area contributed by atoms with E-state index in [0.717, 1.165) is 5.56 Å². The Labute approximate surface area is 142 Å². The predicted octanol–water partition coefficient (Wildman–Crippen LogP) is 4.46. The van der Waals surface area contributed by atoms with Gasteiger partial charge >= 0.3 is 0 Å². The van der Waals surface area contributed by atoms with E-state index in [4.69, 9.17) is 28.9 Å². The van der Waals surface area contributed by atoms with E-state index in [-0.39, 0.29) is 11.8 Å². The number of hydrogen-bond donors (Lipinski definition) is 1. The van der Waals surface area contributed by atoms with Crippen LogP contribution in [0.25, 0.3) is 11.3 Å². The van der Waals surface area contributed by atoms with Crippen LogP contribution in [0.15, 0.2) is 53.8 Å². The summed E-state index contributed by atoms with van der Waals surface area (Å²) in [6.45, 7) is 0. The highest BCUT2D eigenvalue weighted by Gasteiger charge is 2.10. The number of hydrogen-bond acceptors (Lipinski definition) is 3. The smallest absolute Gasteiger partial charge is 0.221 e. The van der Waals surface area contributed by atoms with Gasteiger partial charge in [0.05, 0.1) is 23.1 Å². The molecule has 0 radical (unpaired) electrons. The summed E-state index contributed by atoms with van der Waals surface area (Å²) in [5.41, 5.74) is 7.89. The van der Waals surface area contributed by atoms with Gasteiger partial charge in [0.25, 0.3) is 0 Å². The van der Waals surface area contributed by atoms with E-state index < -0.39 is 0 Å². The van der Waals surface area contributed by atoms with Crippen LogP contribution >= 0.6 is 23.2 Å². The Bertz CT molecular complexity index is 872. The van der Waals surface area contributed by atoms with Crippen molar-refractivity contribution < 1.29 is 4.39 Å². The Kier molecular flexibility index (Phi) is 4.32. The van der Waals surface area contributed by atoms with Crippen molar-refractivity contribution in [3.63, 3.8) is 0 Å². The molecule has 116 valence electrons. The first-order chi connectivity index (χ1) is 11.0. The molecule has 2 N–H and O–H groups in total. The highest BCUT2D eigenvalue weighted by Crippen LogP contribution is 2.30. The number of anilines is 1. The summed E-state index contributed by atoms with van der Waals surface area (Å²) in [6.07, 6.45) is 3.22. The first-order valence-electron chi connectivity index (χ1n) is 6.63. The highest BCUT2D eigenvalue weighted by atomic mass is 35.5. The Balaban J connectivity index is 1.90. The average Bonchev–Trinajstić information content (AvgIpc) is 2.87. The lowest BCUT2D eigenvalue weighted by atomic mass is 10.2. The molecule has 0 unspecified atom stereocenters. The first-order valence-corrected chi connectivity index (χ1v) is 7.39. The monoisotopic (exact) mass is 348 g/mol. The molecule has 0 saturated heterocycles. The van der Waals surface area contributed by atoms with E-state index in [0.29, 0.717) is 21.3 Å². The molecule has 7 heteroatoms. The van der Waals surface area contributed by atoms with Gasteiger partial charge in [-0.1, -0.05) is 35.3 Å². The van der Waals surface area contributed by atoms with Gasteiger partial charge in [0, 0.05) is 10.6 Å². The van der Waals surface area contributed by atoms with E-state index in [1.165, 1.54) is 16.8 Å². The maximum absolute atomic E-state index is 12.9. The standard InChI is InChI=1S/C16H11Cl2FN4/c17-11-3-6-13(14(18)7-11)15-9-23(16(20)22-15)21-8-10-1-4-12(19)5-2-10/h1-9H,(H2,20,22)/b21-8+. The number of nitrogen functional groups attached to an aromatic ring is 1. The summed E-state index contributed by atoms with van der Waals surface area (Å²) in [6, 6.07) is 11.1. The normalized spacial score (nSPS) is 11.3. The fraction of sp³-hybridized carbons (Fsp3) is 0. The Hall–Kier alpha value is -2.37. The molecule has 4 nitrogen and oxygen atoms in total. The molecule has 1 heterocycles. The molecule has 0 amide bonds. The van der Waals surface area contributed by atoms with E-state index in [2.05, 4.69) is 10.1 Å². The van der Waals surface area contributed by atoms with Crippen molar-refractivity contribution >= 4 is 35.4 Å². The minimum Gasteiger partial charge on any atom is -0.368 e. The van der Waals surface area contributed by atoms with Crippen LogP contribution in [0.5, 0.6) is 0 Å². The summed E-state index contributed by atoms with van der Waals surface area (Å²) in [7, 11) is 0. The third-order valence-electron chi connectivity index (χ3n) is 3.12. The minimum absolute atomic E-state index is 0.212. The van der Waals surface area contributed by atoms with E-state index in [9.17, 15) is 4.39 Å². The summed E-state index contributed by atoms with van der Waals surface area (Å²) < 4.78 is 14.3. The molecule has 0 atom stereocenters. The summed E-state index contributed by atoms with van der Waals surface area (Å²) in [5.74, 6) is -0.0895. The van der Waals surface area contributed by atoms with Gasteiger partial charge in [-0.15, -0.1) is 0 Å². The summed E-state index contributed by atoms with van der Waals surface area (Å²) >= 11 is 12.0. The van der Waals surface area contributed by atoms with Crippen LogP contribution in [0, 0.1) is 5.82 Å². The number of imidazole rings is 1. The fourth-order valence-electron chi connectivity index (χ4n) is 1.98. The summed E-state index contributed by atoms with van der Waals surface area (Å²) in [4.78, 5) is 4.24. The Morgan fingerprint density at radius 3 is 2.57 bits per heavy atom. The number of nitrogens with two attached hydrogens (primary N) is 1. The van der Waals surface area contributed by atoms with Gasteiger partial charge < -0.3 is 5.73 Å². The maximum Gasteiger partial charge on any atom is 0.221 e. The Morgan fingerprint density at radius 1 is 1.13 bits per heavy atom. The zero-order chi connectivity index (χ0) is 16.4. The molecule has 0 spiro atoms. The molecule has 1 aromatic heterocycles. The third kappa shape index (κ3) is 3.52. The lowest BCUT2D eigenvalue weighted by Crippen LogP contribution is -1.96. The lowest BCUT2D eigenvalue weighted by molar-refractivity contribution is 0.628. The molecule has 0 fully saturated rings. The third-order valence-corrected chi connectivity index (χ3v) is 3.67. The number of aromatic nitrogens is 2. The molecule has 23 heavy (non-hydrogen) atoms. The lowest BCUT2D eigenvalue weighted by Gasteiger charge is -2.00. The second-order valence-electron chi connectivity index (χ2n) is 4.75. The van der Waals surface area contributed by atoms with Gasteiger partial charge in [0.2, 0.25) is 5.95 Å². The molecule has 0 aliphatic heterocycles. The van der Waals surface area contributed by atoms with Crippen molar-refractivity contribution in [2.75, 3.05) is 5.73 Å². The molecule has 3 rings (SSSR count). The number of nitrogens with zero attached hydrogens (tertiary/aromatic N) is 3. The molecular formula is C16H11Cl2FN4. The molecule has 0 aliphatic carbocycles. The van der Waals surface area contributed by atoms with Gasteiger partial charge in [0.15, 0.2) is 0 Å². The zero-order valence-electron chi connectivity index (χ0n) is 11.7. The van der Waals surface area contributed by atoms with Crippen molar-refractivity contribution in [1.82, 2.24) is 9.66 Å². The van der Waals surface area contributed by atoms with Crippen molar-refractivity contribution in [2.24, 2.45) is 5.10 Å². The van der Waals surface area contributed by atoms with Crippen molar-refractivity contribution in [2.45, 2.75) is 0 Å². The van der Waals surface area contributed by atoms with E-state index >= 15 is 0 Å². The topological polar surface area (TPSA) is 56.2 Å². The van der Waals surface area contributed by atoms with Crippen LogP contribution in [0.2, 0.25) is 10.0 Å². The largest absolute Gasteiger partial charge is 0.368 e. The van der Waals surface area contributed by atoms with E-state index in [1.807, 2.05) is 0 Å². The van der Waals surface area contributed by atoms with Gasteiger partial charge in [-0.2, -0.15) is 5.10 Å². The van der Waals surface area contributed by atoms with Crippen LogP contribution in [-0.4, -0.2) is 15.9 Å². The molecule has 0 saturated carbocycles. The van der Waals surface area contributed by atoms with Crippen molar-refractivity contribution in [1.29, 1.82) is 0 Å². The highest BCUT2D eigenvalue weighted by molar-refractivity contribution is 6.36. The summed E-state index contributed by atoms with van der Waals surface area (Å²) in [5, 5.41) is 5.23. The zero-order valence-corrected chi connectivity index (χ0v) is 13.3. The van der Waals surface area contributed by atoms with Crippen LogP contribution in [0.4, 0.5) is 10.3 Å². The molecule has 3 aromatic rings.